The zero-order chi connectivity index (χ0) is 21.5. The van der Waals surface area contributed by atoms with E-state index in [9.17, 15) is 0 Å². The fourth-order valence-corrected chi connectivity index (χ4v) is 5.26. The van der Waals surface area contributed by atoms with Gasteiger partial charge >= 0.3 is 0 Å². The SMILES string of the molecule is CCCCCCCCCCCCCC[N+](C)(C)CSCCCCCCCCCC. The molecule has 0 aromatic heterocycles. The summed E-state index contributed by atoms with van der Waals surface area (Å²) >= 11 is 2.19. The molecule has 0 radical (unpaired) electrons. The van der Waals surface area contributed by atoms with Crippen LogP contribution < -0.4 is 0 Å². The van der Waals surface area contributed by atoms with Crippen LogP contribution in [0.15, 0.2) is 0 Å². The molecule has 0 unspecified atom stereocenters. The average molecular weight is 429 g/mol. The number of unbranched alkanes of at least 4 members (excludes halogenated alkanes) is 18. The maximum Gasteiger partial charge on any atom is 0.125 e. The van der Waals surface area contributed by atoms with Gasteiger partial charge in [-0.15, -0.1) is 11.8 Å². The predicted molar refractivity (Wildman–Crippen MR) is 138 cm³/mol. The second-order valence-electron chi connectivity index (χ2n) is 10.1. The molecule has 0 amide bonds. The van der Waals surface area contributed by atoms with Crippen LogP contribution in [0.1, 0.15) is 142 Å². The maximum atomic E-state index is 2.43. The molecule has 0 saturated heterocycles. The van der Waals surface area contributed by atoms with E-state index >= 15 is 0 Å². The van der Waals surface area contributed by atoms with Crippen molar-refractivity contribution in [2.75, 3.05) is 32.3 Å². The molecular formula is C27H58NS+. The van der Waals surface area contributed by atoms with Crippen molar-refractivity contribution in [3.63, 3.8) is 0 Å². The first-order valence-corrected chi connectivity index (χ1v) is 14.7. The number of nitrogens with zero attached hydrogens (tertiary/aromatic N) is 1. The zero-order valence-electron chi connectivity index (χ0n) is 21.1. The molecule has 0 N–H and O–H groups in total. The van der Waals surface area contributed by atoms with E-state index in [-0.39, 0.29) is 0 Å². The van der Waals surface area contributed by atoms with Crippen LogP contribution in [0.3, 0.4) is 0 Å². The van der Waals surface area contributed by atoms with Gasteiger partial charge in [0.1, 0.15) is 5.88 Å². The number of rotatable bonds is 24. The highest BCUT2D eigenvalue weighted by atomic mass is 32.2. The van der Waals surface area contributed by atoms with Crippen molar-refractivity contribution in [1.29, 1.82) is 0 Å². The van der Waals surface area contributed by atoms with E-state index < -0.39 is 0 Å². The van der Waals surface area contributed by atoms with Crippen molar-refractivity contribution in [2.24, 2.45) is 0 Å². The molecule has 0 spiro atoms. The molecule has 0 heterocycles. The lowest BCUT2D eigenvalue weighted by molar-refractivity contribution is -0.877. The first kappa shape index (κ1) is 29.3. The quantitative estimate of drug-likeness (QED) is 0.0837. The van der Waals surface area contributed by atoms with Crippen LogP contribution >= 0.6 is 11.8 Å². The summed E-state index contributed by atoms with van der Waals surface area (Å²) in [7, 11) is 4.86. The number of hydrogen-bond acceptors (Lipinski definition) is 1. The molecule has 0 aliphatic carbocycles. The third-order valence-electron chi connectivity index (χ3n) is 6.20. The number of quaternary nitrogens is 1. The van der Waals surface area contributed by atoms with Gasteiger partial charge in [0, 0.05) is 0 Å². The molecule has 0 aliphatic rings. The number of hydrogen-bond donors (Lipinski definition) is 0. The zero-order valence-corrected chi connectivity index (χ0v) is 21.9. The van der Waals surface area contributed by atoms with Gasteiger partial charge in [-0.05, 0) is 25.0 Å². The van der Waals surface area contributed by atoms with E-state index in [1.807, 2.05) is 0 Å². The van der Waals surface area contributed by atoms with Gasteiger partial charge in [0.05, 0.1) is 20.6 Å². The molecule has 0 atom stereocenters. The van der Waals surface area contributed by atoms with Crippen LogP contribution in [0.5, 0.6) is 0 Å². The summed E-state index contributed by atoms with van der Waals surface area (Å²) in [5.74, 6) is 2.67. The summed E-state index contributed by atoms with van der Waals surface area (Å²) in [6.45, 7) is 5.97. The number of thioether (sulfide) groups is 1. The average Bonchev–Trinajstić information content (AvgIpc) is 2.70. The standard InChI is InChI=1S/C27H58NS/c1-5-7-9-11-13-15-16-17-18-19-21-23-25-28(3,4)27-29-26-24-22-20-14-12-10-8-6-2/h5-27H2,1-4H3/q+1. The van der Waals surface area contributed by atoms with Crippen LogP contribution in [-0.4, -0.2) is 36.8 Å². The molecule has 0 aliphatic heterocycles. The summed E-state index contributed by atoms with van der Waals surface area (Å²) in [4.78, 5) is 0. The second kappa shape index (κ2) is 23.0. The summed E-state index contributed by atoms with van der Waals surface area (Å²) in [6, 6.07) is 0. The monoisotopic (exact) mass is 428 g/mol. The Morgan fingerprint density at radius 2 is 0.793 bits per heavy atom. The van der Waals surface area contributed by atoms with Gasteiger partial charge in [-0.3, -0.25) is 0 Å². The lowest BCUT2D eigenvalue weighted by Crippen LogP contribution is -2.40. The molecule has 0 bridgehead atoms. The van der Waals surface area contributed by atoms with E-state index in [1.54, 1.807) is 0 Å². The Kier molecular flexibility index (Phi) is 23.2. The van der Waals surface area contributed by atoms with Gasteiger partial charge in [-0.1, -0.05) is 123 Å². The Bertz CT molecular complexity index is 303. The smallest absolute Gasteiger partial charge is 0.125 e. The van der Waals surface area contributed by atoms with Crippen LogP contribution in [0.25, 0.3) is 0 Å². The van der Waals surface area contributed by atoms with Crippen LogP contribution in [0.2, 0.25) is 0 Å². The highest BCUT2D eigenvalue weighted by molar-refractivity contribution is 7.99. The maximum absolute atomic E-state index is 2.43. The summed E-state index contributed by atoms with van der Waals surface area (Å²) in [6.07, 6.45) is 28.9. The molecular weight excluding hydrogens is 370 g/mol. The molecule has 0 aromatic rings. The second-order valence-corrected chi connectivity index (χ2v) is 11.1. The topological polar surface area (TPSA) is 0 Å². The van der Waals surface area contributed by atoms with Gasteiger partial charge in [0.2, 0.25) is 0 Å². The first-order chi connectivity index (χ1) is 14.1. The Morgan fingerprint density at radius 1 is 0.448 bits per heavy atom. The van der Waals surface area contributed by atoms with Crippen LogP contribution in [0.4, 0.5) is 0 Å². The minimum Gasteiger partial charge on any atom is -0.320 e. The predicted octanol–water partition coefficient (Wildman–Crippen LogP) is 9.60. The van der Waals surface area contributed by atoms with E-state index in [4.69, 9.17) is 0 Å². The normalized spacial score (nSPS) is 12.0. The van der Waals surface area contributed by atoms with E-state index in [2.05, 4.69) is 39.7 Å². The van der Waals surface area contributed by atoms with Crippen molar-refractivity contribution in [3.05, 3.63) is 0 Å². The van der Waals surface area contributed by atoms with Crippen molar-refractivity contribution in [2.45, 2.75) is 142 Å². The molecule has 1 nitrogen and oxygen atoms in total. The third kappa shape index (κ3) is 24.5. The van der Waals surface area contributed by atoms with Gasteiger partial charge in [0.25, 0.3) is 0 Å². The van der Waals surface area contributed by atoms with Crippen molar-refractivity contribution >= 4 is 11.8 Å². The largest absolute Gasteiger partial charge is 0.320 e. The third-order valence-corrected chi connectivity index (χ3v) is 7.66. The molecule has 29 heavy (non-hydrogen) atoms. The van der Waals surface area contributed by atoms with E-state index in [0.717, 1.165) is 0 Å². The molecule has 2 heteroatoms. The van der Waals surface area contributed by atoms with E-state index in [0.29, 0.717) is 0 Å². The summed E-state index contributed by atoms with van der Waals surface area (Å²) in [5.41, 5.74) is 0. The minimum atomic E-state index is 1.21. The molecule has 0 aromatic carbocycles. The van der Waals surface area contributed by atoms with E-state index in [1.165, 1.54) is 151 Å². The Hall–Kier alpha value is 0.310. The fraction of sp³-hybridized carbons (Fsp3) is 1.00. The van der Waals surface area contributed by atoms with Crippen LogP contribution in [0, 0.1) is 0 Å². The minimum absolute atomic E-state index is 1.21. The first-order valence-electron chi connectivity index (χ1n) is 13.5. The summed E-state index contributed by atoms with van der Waals surface area (Å²) < 4.78 is 1.21. The van der Waals surface area contributed by atoms with Crippen molar-refractivity contribution in [3.8, 4) is 0 Å². The Labute approximate surface area is 190 Å². The van der Waals surface area contributed by atoms with Gasteiger partial charge in [-0.2, -0.15) is 0 Å². The Morgan fingerprint density at radius 3 is 1.21 bits per heavy atom. The van der Waals surface area contributed by atoms with Crippen LogP contribution in [-0.2, 0) is 0 Å². The molecule has 0 saturated carbocycles. The molecule has 176 valence electrons. The highest BCUT2D eigenvalue weighted by Gasteiger charge is 2.13. The fourth-order valence-electron chi connectivity index (χ4n) is 4.10. The van der Waals surface area contributed by atoms with Gasteiger partial charge < -0.3 is 4.48 Å². The molecule has 0 rings (SSSR count). The Balaban J connectivity index is 3.30. The van der Waals surface area contributed by atoms with Crippen molar-refractivity contribution < 1.29 is 4.48 Å². The van der Waals surface area contributed by atoms with Gasteiger partial charge in [-0.25, -0.2) is 0 Å². The lowest BCUT2D eigenvalue weighted by atomic mass is 10.1. The highest BCUT2D eigenvalue weighted by Crippen LogP contribution is 2.16. The lowest BCUT2D eigenvalue weighted by Gasteiger charge is -2.29. The van der Waals surface area contributed by atoms with Gasteiger partial charge in [0.15, 0.2) is 0 Å². The summed E-state index contributed by atoms with van der Waals surface area (Å²) in [5, 5.41) is 0. The van der Waals surface area contributed by atoms with Crippen molar-refractivity contribution in [1.82, 2.24) is 0 Å². The molecule has 0 fully saturated rings.